The minimum Gasteiger partial charge on any atom is -0.477 e. The summed E-state index contributed by atoms with van der Waals surface area (Å²) in [7, 11) is 0. The number of allylic oxidation sites excluding steroid dienone is 1. The van der Waals surface area contributed by atoms with Crippen molar-refractivity contribution in [2.75, 3.05) is 0 Å². The van der Waals surface area contributed by atoms with Crippen LogP contribution in [-0.4, -0.2) is 26.4 Å². The summed E-state index contributed by atoms with van der Waals surface area (Å²) in [6.07, 6.45) is 7.09. The summed E-state index contributed by atoms with van der Waals surface area (Å²) >= 11 is 1.33. The molecule has 3 aromatic heterocycles. The SMILES string of the molecule is CCC(C)/C(=C\c1sc(C(=O)O)cc1C)c1ccc(-c2cnc3ccccn23)cc1.Cc1ccc(C(N)=O)cc1. The first-order valence-corrected chi connectivity index (χ1v) is 13.9. The Morgan fingerprint density at radius 2 is 1.70 bits per heavy atom. The summed E-state index contributed by atoms with van der Waals surface area (Å²) in [4.78, 5) is 27.7. The second-order valence-corrected chi connectivity index (χ2v) is 10.8. The third kappa shape index (κ3) is 6.55. The number of carboxylic acids is 1. The minimum absolute atomic E-state index is 0.362. The molecule has 7 heteroatoms. The Hall–Kier alpha value is -4.49. The Kier molecular flexibility index (Phi) is 8.97. The molecule has 0 saturated carbocycles. The second kappa shape index (κ2) is 12.6. The average Bonchev–Trinajstić information content (AvgIpc) is 3.55. The highest BCUT2D eigenvalue weighted by Gasteiger charge is 2.15. The van der Waals surface area contributed by atoms with E-state index in [1.54, 1.807) is 18.2 Å². The lowest BCUT2D eigenvalue weighted by Crippen LogP contribution is -2.10. The third-order valence-corrected chi connectivity index (χ3v) is 8.04. The molecule has 0 aliphatic heterocycles. The van der Waals surface area contributed by atoms with Crippen LogP contribution in [-0.2, 0) is 0 Å². The van der Waals surface area contributed by atoms with E-state index in [1.165, 1.54) is 16.9 Å². The van der Waals surface area contributed by atoms with E-state index in [-0.39, 0.29) is 5.91 Å². The number of thiophene rings is 1. The number of imidazole rings is 1. The molecule has 0 aliphatic carbocycles. The van der Waals surface area contributed by atoms with E-state index < -0.39 is 5.97 Å². The molecule has 0 aliphatic rings. The van der Waals surface area contributed by atoms with Crippen LogP contribution in [0.25, 0.3) is 28.6 Å². The number of nitrogens with two attached hydrogens (primary N) is 1. The number of carboxylic acid groups (broad SMARTS) is 1. The normalized spacial score (nSPS) is 12.1. The summed E-state index contributed by atoms with van der Waals surface area (Å²) < 4.78 is 2.09. The minimum atomic E-state index is -0.870. The van der Waals surface area contributed by atoms with Crippen molar-refractivity contribution >= 4 is 40.5 Å². The number of hydrogen-bond donors (Lipinski definition) is 2. The molecule has 5 rings (SSSR count). The maximum Gasteiger partial charge on any atom is 0.345 e. The Labute approximate surface area is 238 Å². The quantitative estimate of drug-likeness (QED) is 0.216. The number of fused-ring (bicyclic) bond motifs is 1. The van der Waals surface area contributed by atoms with E-state index in [1.807, 2.05) is 56.6 Å². The number of hydrogen-bond acceptors (Lipinski definition) is 4. The van der Waals surface area contributed by atoms with Gasteiger partial charge in [-0.3, -0.25) is 9.20 Å². The van der Waals surface area contributed by atoms with Crippen molar-refractivity contribution in [3.05, 3.63) is 117 Å². The van der Waals surface area contributed by atoms with Gasteiger partial charge in [-0.25, -0.2) is 9.78 Å². The molecule has 204 valence electrons. The first kappa shape index (κ1) is 28.5. The van der Waals surface area contributed by atoms with Crippen molar-refractivity contribution in [2.24, 2.45) is 11.7 Å². The molecule has 1 unspecified atom stereocenters. The molecular weight excluding hydrogens is 518 g/mol. The number of nitrogens with zero attached hydrogens (tertiary/aromatic N) is 2. The fourth-order valence-corrected chi connectivity index (χ4v) is 5.28. The van der Waals surface area contributed by atoms with E-state index in [9.17, 15) is 14.7 Å². The number of benzene rings is 2. The Bertz CT molecular complexity index is 1660. The van der Waals surface area contributed by atoms with Gasteiger partial charge in [0.15, 0.2) is 0 Å². The number of aryl methyl sites for hydroxylation is 2. The predicted octanol–water partition coefficient (Wildman–Crippen LogP) is 7.75. The van der Waals surface area contributed by atoms with Crippen LogP contribution < -0.4 is 5.73 Å². The van der Waals surface area contributed by atoms with Gasteiger partial charge in [0.2, 0.25) is 5.91 Å². The maximum absolute atomic E-state index is 11.3. The van der Waals surface area contributed by atoms with Crippen LogP contribution in [0.1, 0.15) is 61.9 Å². The monoisotopic (exact) mass is 551 g/mol. The van der Waals surface area contributed by atoms with Crippen molar-refractivity contribution in [2.45, 2.75) is 34.1 Å². The van der Waals surface area contributed by atoms with Gasteiger partial charge in [0, 0.05) is 22.2 Å². The van der Waals surface area contributed by atoms with Gasteiger partial charge in [0.1, 0.15) is 10.5 Å². The number of amides is 1. The van der Waals surface area contributed by atoms with Crippen LogP contribution in [0.15, 0.2) is 85.2 Å². The Morgan fingerprint density at radius 1 is 1.02 bits per heavy atom. The molecule has 0 spiro atoms. The fourth-order valence-electron chi connectivity index (χ4n) is 4.31. The number of aromatic nitrogens is 2. The van der Waals surface area contributed by atoms with Crippen LogP contribution in [0.4, 0.5) is 0 Å². The van der Waals surface area contributed by atoms with Gasteiger partial charge in [-0.15, -0.1) is 11.3 Å². The molecule has 0 radical (unpaired) electrons. The van der Waals surface area contributed by atoms with E-state index in [4.69, 9.17) is 5.73 Å². The van der Waals surface area contributed by atoms with Crippen molar-refractivity contribution in [3.63, 3.8) is 0 Å². The summed E-state index contributed by atoms with van der Waals surface area (Å²) in [6.45, 7) is 8.32. The number of aromatic carboxylic acids is 1. The standard InChI is InChI=1S/C25H24N2O2S.C8H9NO/c1-4-16(2)20(14-22-17(3)13-23(30-22)25(28)29)18-8-10-19(11-9-18)21-15-26-24-7-5-6-12-27(21)24;1-6-2-4-7(5-3-6)8(9)10/h5-16H,4H2,1-3H3,(H,28,29);2-5H,1H3,(H2,9,10)/b20-14+;. The highest BCUT2D eigenvalue weighted by atomic mass is 32.1. The van der Waals surface area contributed by atoms with Gasteiger partial charge in [-0.05, 0) is 79.3 Å². The summed E-state index contributed by atoms with van der Waals surface area (Å²) in [5.74, 6) is -0.883. The second-order valence-electron chi connectivity index (χ2n) is 9.75. The van der Waals surface area contributed by atoms with Crippen LogP contribution in [0.2, 0.25) is 0 Å². The van der Waals surface area contributed by atoms with Crippen LogP contribution >= 0.6 is 11.3 Å². The molecule has 6 nitrogen and oxygen atoms in total. The lowest BCUT2D eigenvalue weighted by Gasteiger charge is -2.15. The topological polar surface area (TPSA) is 97.7 Å². The fraction of sp³-hybridized carbons (Fsp3) is 0.182. The third-order valence-electron chi connectivity index (χ3n) is 6.86. The largest absolute Gasteiger partial charge is 0.477 e. The van der Waals surface area contributed by atoms with Gasteiger partial charge in [-0.2, -0.15) is 0 Å². The van der Waals surface area contributed by atoms with Crippen LogP contribution in [0.3, 0.4) is 0 Å². The van der Waals surface area contributed by atoms with Crippen molar-refractivity contribution in [1.82, 2.24) is 9.38 Å². The van der Waals surface area contributed by atoms with Crippen LogP contribution in [0, 0.1) is 19.8 Å². The molecule has 3 heterocycles. The molecule has 1 amide bonds. The van der Waals surface area contributed by atoms with E-state index in [0.717, 1.165) is 44.9 Å². The lowest BCUT2D eigenvalue weighted by atomic mass is 9.90. The van der Waals surface area contributed by atoms with Gasteiger partial charge in [0.25, 0.3) is 0 Å². The summed E-state index contributed by atoms with van der Waals surface area (Å²) in [5.41, 5.74) is 13.2. The zero-order valence-electron chi connectivity index (χ0n) is 23.1. The Balaban J connectivity index is 0.000000312. The molecule has 1 atom stereocenters. The van der Waals surface area contributed by atoms with Gasteiger partial charge < -0.3 is 10.8 Å². The molecule has 2 aromatic carbocycles. The Morgan fingerprint density at radius 3 is 2.30 bits per heavy atom. The van der Waals surface area contributed by atoms with Gasteiger partial charge in [-0.1, -0.05) is 61.9 Å². The smallest absolute Gasteiger partial charge is 0.345 e. The number of primary amides is 1. The molecule has 0 bridgehead atoms. The molecular formula is C33H33N3O3S. The van der Waals surface area contributed by atoms with Crippen molar-refractivity contribution in [1.29, 1.82) is 0 Å². The first-order valence-electron chi connectivity index (χ1n) is 13.1. The van der Waals surface area contributed by atoms with E-state index >= 15 is 0 Å². The molecule has 0 fully saturated rings. The molecule has 0 saturated heterocycles. The first-order chi connectivity index (χ1) is 19.2. The summed E-state index contributed by atoms with van der Waals surface area (Å²) in [6, 6.07) is 23.5. The zero-order valence-corrected chi connectivity index (χ0v) is 23.9. The van der Waals surface area contributed by atoms with E-state index in [0.29, 0.717) is 16.4 Å². The highest BCUT2D eigenvalue weighted by molar-refractivity contribution is 7.15. The maximum atomic E-state index is 11.3. The summed E-state index contributed by atoms with van der Waals surface area (Å²) in [5, 5.41) is 9.31. The number of carbonyl (C=O) groups is 2. The number of pyridine rings is 1. The van der Waals surface area contributed by atoms with E-state index in [2.05, 4.69) is 53.6 Å². The van der Waals surface area contributed by atoms with Crippen LogP contribution in [0.5, 0.6) is 0 Å². The van der Waals surface area contributed by atoms with Gasteiger partial charge >= 0.3 is 5.97 Å². The van der Waals surface area contributed by atoms with Crippen molar-refractivity contribution < 1.29 is 14.7 Å². The lowest BCUT2D eigenvalue weighted by molar-refractivity contribution is 0.0701. The number of rotatable bonds is 7. The molecule has 40 heavy (non-hydrogen) atoms. The predicted molar refractivity (Wildman–Crippen MR) is 164 cm³/mol. The molecule has 5 aromatic rings. The highest BCUT2D eigenvalue weighted by Crippen LogP contribution is 2.33. The van der Waals surface area contributed by atoms with Gasteiger partial charge in [0.05, 0.1) is 11.9 Å². The molecule has 3 N–H and O–H groups in total. The number of carbonyl (C=O) groups excluding carboxylic acids is 1. The van der Waals surface area contributed by atoms with Crippen molar-refractivity contribution in [3.8, 4) is 11.3 Å². The average molecular weight is 552 g/mol. The zero-order chi connectivity index (χ0) is 28.8.